The van der Waals surface area contributed by atoms with E-state index in [1.807, 2.05) is 0 Å². The predicted octanol–water partition coefficient (Wildman–Crippen LogP) is 2.71. The molecular weight excluding hydrogens is 190 g/mol. The summed E-state index contributed by atoms with van der Waals surface area (Å²) in [4.78, 5) is 0. The second kappa shape index (κ2) is 5.57. The minimum absolute atomic E-state index is 0.711. The summed E-state index contributed by atoms with van der Waals surface area (Å²) in [6.07, 6.45) is 0. The van der Waals surface area contributed by atoms with Crippen LogP contribution >= 0.6 is 0 Å². The average Bonchev–Trinajstić information content (AvgIpc) is 2.13. The number of rotatable bonds is 6. The van der Waals surface area contributed by atoms with Gasteiger partial charge >= 0.3 is 0 Å². The second-order valence-corrected chi connectivity index (χ2v) is 11.0. The van der Waals surface area contributed by atoms with Crippen LogP contribution in [0, 0.1) is 0 Å². The molecule has 0 aliphatic heterocycles. The Morgan fingerprint density at radius 1 is 1.23 bits per heavy atom. The molecule has 0 aromatic rings. The third-order valence-corrected chi connectivity index (χ3v) is 11.3. The molecule has 0 unspecified atom stereocenters. The van der Waals surface area contributed by atoms with Crippen molar-refractivity contribution >= 4 is 17.2 Å². The van der Waals surface area contributed by atoms with Crippen molar-refractivity contribution in [3.8, 4) is 0 Å². The van der Waals surface area contributed by atoms with E-state index in [9.17, 15) is 0 Å². The molecule has 0 saturated heterocycles. The van der Waals surface area contributed by atoms with E-state index >= 15 is 0 Å². The summed E-state index contributed by atoms with van der Waals surface area (Å²) in [7, 11) is -2.20. The summed E-state index contributed by atoms with van der Waals surface area (Å²) in [5.74, 6) is 0. The van der Waals surface area contributed by atoms with Crippen LogP contribution in [0.25, 0.3) is 0 Å². The smallest absolute Gasteiger partial charge is 0.169 e. The summed E-state index contributed by atoms with van der Waals surface area (Å²) < 4.78 is 2.69. The lowest BCUT2D eigenvalue weighted by Crippen LogP contribution is -2.55. The van der Waals surface area contributed by atoms with Gasteiger partial charge in [-0.3, -0.25) is 0 Å². The lowest BCUT2D eigenvalue weighted by molar-refractivity contribution is 0.672. The first-order valence-corrected chi connectivity index (χ1v) is 10.2. The fourth-order valence-corrected chi connectivity index (χ4v) is 9.91. The van der Waals surface area contributed by atoms with Crippen LogP contribution < -0.4 is 0 Å². The molecular formula is C10H23NSi2. The molecule has 0 aromatic carbocycles. The SMILES string of the molecule is C=C[Si](C=C)(CC)N(CC)[SiH](C)C. The molecule has 0 N–H and O–H groups in total. The highest BCUT2D eigenvalue weighted by atomic mass is 28.4. The molecule has 0 aliphatic rings. The summed E-state index contributed by atoms with van der Waals surface area (Å²) in [5, 5.41) is 0. The maximum atomic E-state index is 4.00. The summed E-state index contributed by atoms with van der Waals surface area (Å²) in [5.41, 5.74) is 4.35. The maximum Gasteiger partial charge on any atom is 0.169 e. The molecule has 76 valence electrons. The van der Waals surface area contributed by atoms with E-state index in [4.69, 9.17) is 0 Å². The van der Waals surface area contributed by atoms with Crippen molar-refractivity contribution in [3.05, 3.63) is 24.6 Å². The van der Waals surface area contributed by atoms with Gasteiger partial charge in [0.2, 0.25) is 0 Å². The highest BCUT2D eigenvalue weighted by Gasteiger charge is 2.32. The number of hydrogen-bond donors (Lipinski definition) is 0. The standard InChI is InChI=1S/C10H23NSi2/c1-7-11(12(5)6)13(8-2,9-3)10-4/h8-9,12H,2-3,7,10H2,1,4-6H3. The quantitative estimate of drug-likeness (QED) is 0.613. The Hall–Kier alpha value is -0.126. The van der Waals surface area contributed by atoms with Crippen LogP contribution in [0.3, 0.4) is 0 Å². The van der Waals surface area contributed by atoms with Crippen LogP contribution in [0.15, 0.2) is 24.6 Å². The van der Waals surface area contributed by atoms with Crippen molar-refractivity contribution in [1.82, 2.24) is 4.23 Å². The molecule has 13 heavy (non-hydrogen) atoms. The largest absolute Gasteiger partial charge is 0.342 e. The molecule has 0 aromatic heterocycles. The van der Waals surface area contributed by atoms with Crippen LogP contribution in [-0.2, 0) is 0 Å². The highest BCUT2D eigenvalue weighted by molar-refractivity contribution is 6.92. The van der Waals surface area contributed by atoms with E-state index in [1.54, 1.807) is 0 Å². The van der Waals surface area contributed by atoms with Crippen LogP contribution in [0.2, 0.25) is 19.1 Å². The normalized spacial score (nSPS) is 12.2. The molecule has 0 bridgehead atoms. The molecule has 0 heterocycles. The van der Waals surface area contributed by atoms with Crippen molar-refractivity contribution in [3.63, 3.8) is 0 Å². The van der Waals surface area contributed by atoms with Crippen molar-refractivity contribution in [1.29, 1.82) is 0 Å². The molecule has 0 spiro atoms. The molecule has 0 amide bonds. The van der Waals surface area contributed by atoms with Gasteiger partial charge in [0, 0.05) is 0 Å². The molecule has 0 fully saturated rings. The predicted molar refractivity (Wildman–Crippen MR) is 67.9 cm³/mol. The van der Waals surface area contributed by atoms with E-state index in [1.165, 1.54) is 6.04 Å². The molecule has 0 rings (SSSR count). The molecule has 3 heteroatoms. The van der Waals surface area contributed by atoms with Gasteiger partial charge in [-0.05, 0) is 12.6 Å². The van der Waals surface area contributed by atoms with E-state index in [2.05, 4.69) is 55.7 Å². The van der Waals surface area contributed by atoms with Gasteiger partial charge in [-0.1, -0.05) is 38.3 Å². The molecule has 0 aliphatic carbocycles. The minimum atomic E-state index is -1.49. The maximum absolute atomic E-state index is 4.00. The van der Waals surface area contributed by atoms with Gasteiger partial charge in [0.15, 0.2) is 8.24 Å². The van der Waals surface area contributed by atoms with Crippen LogP contribution in [-0.4, -0.2) is 28.0 Å². The van der Waals surface area contributed by atoms with Crippen LogP contribution in [0.4, 0.5) is 0 Å². The van der Waals surface area contributed by atoms with Crippen LogP contribution in [0.5, 0.6) is 0 Å². The monoisotopic (exact) mass is 213 g/mol. The van der Waals surface area contributed by atoms with Crippen molar-refractivity contribution in [2.45, 2.75) is 33.0 Å². The Kier molecular flexibility index (Phi) is 5.52. The van der Waals surface area contributed by atoms with Crippen molar-refractivity contribution in [2.24, 2.45) is 0 Å². The van der Waals surface area contributed by atoms with Gasteiger partial charge in [0.1, 0.15) is 0 Å². The summed E-state index contributed by atoms with van der Waals surface area (Å²) in [6.45, 7) is 18.4. The zero-order valence-electron chi connectivity index (χ0n) is 9.51. The molecule has 0 saturated carbocycles. The molecule has 1 nitrogen and oxygen atoms in total. The van der Waals surface area contributed by atoms with Gasteiger partial charge in [-0.2, -0.15) is 0 Å². The van der Waals surface area contributed by atoms with Gasteiger partial charge < -0.3 is 4.23 Å². The zero-order chi connectivity index (χ0) is 10.5. The zero-order valence-corrected chi connectivity index (χ0v) is 11.7. The lowest BCUT2D eigenvalue weighted by Gasteiger charge is -2.39. The van der Waals surface area contributed by atoms with E-state index in [0.29, 0.717) is 0 Å². The Labute approximate surface area is 85.9 Å². The third kappa shape index (κ3) is 2.66. The highest BCUT2D eigenvalue weighted by Crippen LogP contribution is 2.19. The lowest BCUT2D eigenvalue weighted by atomic mass is 10.8. The Morgan fingerprint density at radius 3 is 1.77 bits per heavy atom. The number of hydrogen-bond acceptors (Lipinski definition) is 1. The van der Waals surface area contributed by atoms with E-state index < -0.39 is 17.2 Å². The van der Waals surface area contributed by atoms with Gasteiger partial charge in [-0.15, -0.1) is 13.2 Å². The Bertz CT molecular complexity index is 170. The summed E-state index contributed by atoms with van der Waals surface area (Å²) in [6, 6.07) is 1.21. The van der Waals surface area contributed by atoms with E-state index in [-0.39, 0.29) is 0 Å². The first kappa shape index (κ1) is 12.9. The number of nitrogens with zero attached hydrogens (tertiary/aromatic N) is 1. The van der Waals surface area contributed by atoms with Gasteiger partial charge in [-0.25, -0.2) is 0 Å². The minimum Gasteiger partial charge on any atom is -0.342 e. The fourth-order valence-electron chi connectivity index (χ4n) is 1.95. The van der Waals surface area contributed by atoms with Crippen LogP contribution in [0.1, 0.15) is 13.8 Å². The Balaban J connectivity index is 4.86. The average molecular weight is 213 g/mol. The van der Waals surface area contributed by atoms with Gasteiger partial charge in [0.05, 0.1) is 8.96 Å². The first-order valence-electron chi connectivity index (χ1n) is 5.11. The topological polar surface area (TPSA) is 3.24 Å². The first-order chi connectivity index (χ1) is 6.07. The fraction of sp³-hybridized carbons (Fsp3) is 0.600. The Morgan fingerprint density at radius 2 is 1.69 bits per heavy atom. The second-order valence-electron chi connectivity index (χ2n) is 3.63. The van der Waals surface area contributed by atoms with Crippen molar-refractivity contribution < 1.29 is 0 Å². The van der Waals surface area contributed by atoms with Gasteiger partial charge in [0.25, 0.3) is 0 Å². The third-order valence-electron chi connectivity index (χ3n) is 2.77. The van der Waals surface area contributed by atoms with Crippen molar-refractivity contribution in [2.75, 3.05) is 6.54 Å². The summed E-state index contributed by atoms with van der Waals surface area (Å²) >= 11 is 0. The molecule has 0 radical (unpaired) electrons. The molecule has 0 atom stereocenters. The van der Waals surface area contributed by atoms with E-state index in [0.717, 1.165) is 6.54 Å².